The largest absolute Gasteiger partial charge is 0.368 e. The molecule has 1 fully saturated rings. The van der Waals surface area contributed by atoms with E-state index in [1.807, 2.05) is 0 Å². The van der Waals surface area contributed by atoms with E-state index in [0.717, 1.165) is 6.54 Å². The van der Waals surface area contributed by atoms with E-state index in [-0.39, 0.29) is 0 Å². The smallest absolute Gasteiger partial charge is 0.0570 e. The molecule has 1 nitrogen and oxygen atoms in total. The number of unbranched alkanes of at least 4 members (excludes halogenated alkanes) is 1. The van der Waals surface area contributed by atoms with Crippen LogP contribution in [0.3, 0.4) is 0 Å². The van der Waals surface area contributed by atoms with Crippen molar-refractivity contribution in [3.8, 4) is 0 Å². The lowest BCUT2D eigenvalue weighted by molar-refractivity contribution is 0.550. The number of hydrogen-bond acceptors (Lipinski definition) is 1. The monoisotopic (exact) mass is 111 g/mol. The zero-order valence-electron chi connectivity index (χ0n) is 5.48. The first-order chi connectivity index (χ1) is 3.84. The van der Waals surface area contributed by atoms with Crippen LogP contribution < -0.4 is 0 Å². The molecule has 1 heteroatoms. The van der Waals surface area contributed by atoms with Crippen molar-refractivity contribution in [3.63, 3.8) is 0 Å². The van der Waals surface area contributed by atoms with Crippen LogP contribution in [0.1, 0.15) is 19.8 Å². The summed E-state index contributed by atoms with van der Waals surface area (Å²) in [6.07, 6.45) is 2.61. The highest BCUT2D eigenvalue weighted by atomic mass is 15.3. The quantitative estimate of drug-likeness (QED) is 0.500. The third kappa shape index (κ3) is 1.25. The number of nitrogens with zero attached hydrogens (tertiary/aromatic N) is 1. The van der Waals surface area contributed by atoms with Gasteiger partial charge in [0, 0.05) is 12.2 Å². The van der Waals surface area contributed by atoms with E-state index in [0.29, 0.717) is 0 Å². The van der Waals surface area contributed by atoms with Crippen LogP contribution in [-0.2, 0) is 0 Å². The second-order valence-electron chi connectivity index (χ2n) is 2.34. The highest BCUT2D eigenvalue weighted by Gasteiger charge is 2.20. The lowest BCUT2D eigenvalue weighted by Gasteiger charge is -1.95. The molecule has 46 valence electrons. The van der Waals surface area contributed by atoms with Crippen LogP contribution in [0, 0.1) is 0 Å². The molecule has 0 unspecified atom stereocenters. The summed E-state index contributed by atoms with van der Waals surface area (Å²) in [5.41, 5.74) is 1.32. The minimum atomic E-state index is 1.15. The third-order valence-corrected chi connectivity index (χ3v) is 1.50. The molecular formula is C7H13N. The van der Waals surface area contributed by atoms with E-state index in [1.165, 1.54) is 25.1 Å². The molecule has 1 saturated heterocycles. The van der Waals surface area contributed by atoms with E-state index < -0.39 is 0 Å². The molecular weight excluding hydrogens is 98.1 g/mol. The summed E-state index contributed by atoms with van der Waals surface area (Å²) in [4.78, 5) is 2.31. The predicted octanol–water partition coefficient (Wildman–Crippen LogP) is 1.62. The van der Waals surface area contributed by atoms with Gasteiger partial charge in [-0.05, 0) is 6.42 Å². The first-order valence-corrected chi connectivity index (χ1v) is 3.27. The van der Waals surface area contributed by atoms with Crippen molar-refractivity contribution < 1.29 is 0 Å². The summed E-state index contributed by atoms with van der Waals surface area (Å²) in [6, 6.07) is 0. The molecule has 1 heterocycles. The van der Waals surface area contributed by atoms with E-state index in [1.54, 1.807) is 0 Å². The first kappa shape index (κ1) is 5.67. The van der Waals surface area contributed by atoms with Gasteiger partial charge < -0.3 is 4.90 Å². The minimum Gasteiger partial charge on any atom is -0.368 e. The molecule has 0 N–H and O–H groups in total. The molecule has 0 spiro atoms. The normalized spacial score (nSPS) is 17.1. The highest BCUT2D eigenvalue weighted by Crippen LogP contribution is 2.18. The van der Waals surface area contributed by atoms with Crippen LogP contribution in [0.25, 0.3) is 0 Å². The van der Waals surface area contributed by atoms with Crippen LogP contribution in [0.15, 0.2) is 12.3 Å². The van der Waals surface area contributed by atoms with Gasteiger partial charge in [0.05, 0.1) is 6.54 Å². The van der Waals surface area contributed by atoms with Gasteiger partial charge in [-0.15, -0.1) is 0 Å². The fraction of sp³-hybridized carbons (Fsp3) is 0.714. The molecule has 0 amide bonds. The highest BCUT2D eigenvalue weighted by molar-refractivity contribution is 5.12. The summed E-state index contributed by atoms with van der Waals surface area (Å²) in [5.74, 6) is 0. The van der Waals surface area contributed by atoms with Crippen molar-refractivity contribution in [1.82, 2.24) is 4.90 Å². The average molecular weight is 111 g/mol. The fourth-order valence-corrected chi connectivity index (χ4v) is 0.771. The Morgan fingerprint density at radius 3 is 2.75 bits per heavy atom. The Balaban J connectivity index is 1.97. The van der Waals surface area contributed by atoms with Gasteiger partial charge >= 0.3 is 0 Å². The summed E-state index contributed by atoms with van der Waals surface area (Å²) in [6.45, 7) is 8.43. The van der Waals surface area contributed by atoms with Gasteiger partial charge in [0.1, 0.15) is 0 Å². The van der Waals surface area contributed by atoms with Crippen LogP contribution in [0.5, 0.6) is 0 Å². The van der Waals surface area contributed by atoms with Crippen molar-refractivity contribution >= 4 is 0 Å². The molecule has 0 aliphatic carbocycles. The van der Waals surface area contributed by atoms with Crippen molar-refractivity contribution in [3.05, 3.63) is 12.3 Å². The summed E-state index contributed by atoms with van der Waals surface area (Å²) >= 11 is 0. The Hall–Kier alpha value is -0.460. The summed E-state index contributed by atoms with van der Waals surface area (Å²) in [7, 11) is 0. The lowest BCUT2D eigenvalue weighted by atomic mass is 10.3. The summed E-state index contributed by atoms with van der Waals surface area (Å²) < 4.78 is 0. The van der Waals surface area contributed by atoms with Gasteiger partial charge in [-0.2, -0.15) is 0 Å². The van der Waals surface area contributed by atoms with Crippen LogP contribution in [0.4, 0.5) is 0 Å². The maximum atomic E-state index is 3.83. The molecule has 0 bridgehead atoms. The second-order valence-corrected chi connectivity index (χ2v) is 2.34. The van der Waals surface area contributed by atoms with Crippen molar-refractivity contribution in [1.29, 1.82) is 0 Å². The molecule has 0 aromatic rings. The molecule has 0 aromatic heterocycles. The maximum Gasteiger partial charge on any atom is 0.0570 e. The van der Waals surface area contributed by atoms with Gasteiger partial charge in [-0.25, -0.2) is 0 Å². The Morgan fingerprint density at radius 2 is 2.38 bits per heavy atom. The second kappa shape index (κ2) is 2.21. The van der Waals surface area contributed by atoms with Gasteiger partial charge in [-0.3, -0.25) is 0 Å². The molecule has 8 heavy (non-hydrogen) atoms. The molecule has 1 aliphatic heterocycles. The van der Waals surface area contributed by atoms with Crippen LogP contribution in [-0.4, -0.2) is 18.0 Å². The van der Waals surface area contributed by atoms with E-state index in [9.17, 15) is 0 Å². The SMILES string of the molecule is C=C1CN1CCCC. The lowest BCUT2D eigenvalue weighted by Crippen LogP contribution is -1.96. The topological polar surface area (TPSA) is 3.01 Å². The predicted molar refractivity (Wildman–Crippen MR) is 35.6 cm³/mol. The van der Waals surface area contributed by atoms with Crippen LogP contribution >= 0.6 is 0 Å². The first-order valence-electron chi connectivity index (χ1n) is 3.27. The minimum absolute atomic E-state index is 1.15. The maximum absolute atomic E-state index is 3.83. The molecule has 0 atom stereocenters. The Morgan fingerprint density at radius 1 is 1.75 bits per heavy atom. The molecule has 0 radical (unpaired) electrons. The van der Waals surface area contributed by atoms with Crippen molar-refractivity contribution in [2.24, 2.45) is 0 Å². The standard InChI is InChI=1S/C7H13N/c1-3-4-5-8-6-7(8)2/h2-6H2,1H3. The zero-order chi connectivity index (χ0) is 5.98. The number of rotatable bonds is 3. The van der Waals surface area contributed by atoms with Gasteiger partial charge in [0.2, 0.25) is 0 Å². The Kier molecular flexibility index (Phi) is 1.56. The number of hydrogen-bond donors (Lipinski definition) is 0. The van der Waals surface area contributed by atoms with Crippen molar-refractivity contribution in [2.45, 2.75) is 19.8 Å². The Labute approximate surface area is 51.0 Å². The molecule has 1 rings (SSSR count). The molecule has 0 aromatic carbocycles. The average Bonchev–Trinajstić information content (AvgIpc) is 2.42. The van der Waals surface area contributed by atoms with E-state index >= 15 is 0 Å². The van der Waals surface area contributed by atoms with E-state index in [4.69, 9.17) is 0 Å². The van der Waals surface area contributed by atoms with Gasteiger partial charge in [-0.1, -0.05) is 19.9 Å². The van der Waals surface area contributed by atoms with E-state index in [2.05, 4.69) is 18.4 Å². The fourth-order valence-electron chi connectivity index (χ4n) is 0.771. The van der Waals surface area contributed by atoms with Gasteiger partial charge in [0.25, 0.3) is 0 Å². The van der Waals surface area contributed by atoms with Crippen LogP contribution in [0.2, 0.25) is 0 Å². The third-order valence-electron chi connectivity index (χ3n) is 1.50. The Bertz CT molecular complexity index is 96.6. The van der Waals surface area contributed by atoms with Crippen molar-refractivity contribution in [2.75, 3.05) is 13.1 Å². The molecule has 1 aliphatic rings. The summed E-state index contributed by atoms with van der Waals surface area (Å²) in [5, 5.41) is 0. The van der Waals surface area contributed by atoms with Gasteiger partial charge in [0.15, 0.2) is 0 Å². The zero-order valence-corrected chi connectivity index (χ0v) is 5.48. The molecule has 0 saturated carbocycles.